The largest absolute Gasteiger partial charge is 0.364 e. The van der Waals surface area contributed by atoms with Gasteiger partial charge in [0.2, 0.25) is 17.7 Å². The Morgan fingerprint density at radius 2 is 2.04 bits per heavy atom. The number of rotatable bonds is 7. The van der Waals surface area contributed by atoms with Gasteiger partial charge in [0.25, 0.3) is 0 Å². The second-order valence-electron chi connectivity index (χ2n) is 6.62. The summed E-state index contributed by atoms with van der Waals surface area (Å²) in [7, 11) is 0. The molecule has 0 bridgehead atoms. The van der Waals surface area contributed by atoms with Gasteiger partial charge < -0.3 is 19.6 Å². The van der Waals surface area contributed by atoms with Crippen molar-refractivity contribution in [1.29, 1.82) is 0 Å². The van der Waals surface area contributed by atoms with Crippen molar-refractivity contribution in [3.8, 4) is 0 Å². The van der Waals surface area contributed by atoms with Gasteiger partial charge in [0.1, 0.15) is 12.0 Å². The fourth-order valence-electron chi connectivity index (χ4n) is 3.39. The third-order valence-electron chi connectivity index (χ3n) is 4.83. The van der Waals surface area contributed by atoms with Crippen LogP contribution in [0.1, 0.15) is 37.8 Å². The standard InChI is InChI=1S/C17H24N4O4/c22-15-3-1-7-20(15)8-2-9-21-12-13(4-5-16(21)23)17(24)18-11-14-6-10-25-19-14/h6,10,13H,1-5,7-9,11-12H2,(H,18,24)/t13-/m1/s1. The predicted molar refractivity (Wildman–Crippen MR) is 88.1 cm³/mol. The molecule has 2 aliphatic heterocycles. The maximum atomic E-state index is 12.3. The van der Waals surface area contributed by atoms with Crippen LogP contribution in [0.2, 0.25) is 0 Å². The minimum atomic E-state index is -0.196. The topological polar surface area (TPSA) is 95.8 Å². The highest BCUT2D eigenvalue weighted by molar-refractivity contribution is 5.83. The highest BCUT2D eigenvalue weighted by Gasteiger charge is 2.30. The molecule has 0 spiro atoms. The Labute approximate surface area is 146 Å². The number of nitrogens with one attached hydrogen (secondary N) is 1. The fourth-order valence-corrected chi connectivity index (χ4v) is 3.39. The summed E-state index contributed by atoms with van der Waals surface area (Å²) in [5.74, 6) is 0.0385. The van der Waals surface area contributed by atoms with E-state index in [0.717, 1.165) is 19.4 Å². The number of likely N-dealkylation sites (tertiary alicyclic amines) is 2. The maximum absolute atomic E-state index is 12.3. The number of carbonyl (C=O) groups is 3. The van der Waals surface area contributed by atoms with Gasteiger partial charge in [-0.1, -0.05) is 5.16 Å². The Hall–Kier alpha value is -2.38. The molecule has 1 atom stereocenters. The Kier molecular flexibility index (Phi) is 5.67. The molecule has 0 aliphatic carbocycles. The molecule has 1 N–H and O–H groups in total. The molecule has 3 amide bonds. The number of nitrogens with zero attached hydrogens (tertiary/aromatic N) is 3. The van der Waals surface area contributed by atoms with Gasteiger partial charge in [-0.15, -0.1) is 0 Å². The highest BCUT2D eigenvalue weighted by atomic mass is 16.5. The summed E-state index contributed by atoms with van der Waals surface area (Å²) in [6.45, 7) is 2.87. The smallest absolute Gasteiger partial charge is 0.225 e. The van der Waals surface area contributed by atoms with E-state index in [9.17, 15) is 14.4 Å². The van der Waals surface area contributed by atoms with E-state index < -0.39 is 0 Å². The van der Waals surface area contributed by atoms with E-state index in [-0.39, 0.29) is 23.6 Å². The van der Waals surface area contributed by atoms with Crippen LogP contribution >= 0.6 is 0 Å². The number of hydrogen-bond acceptors (Lipinski definition) is 5. The summed E-state index contributed by atoms with van der Waals surface area (Å²) < 4.78 is 4.74. The van der Waals surface area contributed by atoms with E-state index in [0.29, 0.717) is 51.1 Å². The van der Waals surface area contributed by atoms with Crippen molar-refractivity contribution in [2.75, 3.05) is 26.2 Å². The van der Waals surface area contributed by atoms with E-state index in [1.807, 2.05) is 4.90 Å². The van der Waals surface area contributed by atoms with Gasteiger partial charge in [-0.2, -0.15) is 0 Å². The second kappa shape index (κ2) is 8.13. The van der Waals surface area contributed by atoms with Gasteiger partial charge in [-0.25, -0.2) is 0 Å². The lowest BCUT2D eigenvalue weighted by Gasteiger charge is -2.32. The van der Waals surface area contributed by atoms with Gasteiger partial charge in [0, 0.05) is 45.1 Å². The lowest BCUT2D eigenvalue weighted by atomic mass is 9.96. The van der Waals surface area contributed by atoms with E-state index in [1.54, 1.807) is 11.0 Å². The van der Waals surface area contributed by atoms with Crippen LogP contribution in [-0.4, -0.2) is 58.9 Å². The molecule has 136 valence electrons. The normalized spacial score (nSPS) is 21.0. The first-order valence-electron chi connectivity index (χ1n) is 8.86. The van der Waals surface area contributed by atoms with Crippen molar-refractivity contribution in [2.45, 2.75) is 38.6 Å². The highest BCUT2D eigenvalue weighted by Crippen LogP contribution is 2.19. The molecular formula is C17H24N4O4. The van der Waals surface area contributed by atoms with Crippen molar-refractivity contribution in [3.63, 3.8) is 0 Å². The lowest BCUT2D eigenvalue weighted by molar-refractivity contribution is -0.138. The van der Waals surface area contributed by atoms with E-state index in [1.165, 1.54) is 6.26 Å². The van der Waals surface area contributed by atoms with Gasteiger partial charge in [0.05, 0.1) is 12.5 Å². The molecule has 2 aliphatic rings. The third-order valence-corrected chi connectivity index (χ3v) is 4.83. The predicted octanol–water partition coefficient (Wildman–Crippen LogP) is 0.542. The van der Waals surface area contributed by atoms with Crippen LogP contribution in [0.4, 0.5) is 0 Å². The van der Waals surface area contributed by atoms with Gasteiger partial charge in [-0.05, 0) is 19.3 Å². The van der Waals surface area contributed by atoms with Crippen LogP contribution in [0.15, 0.2) is 16.9 Å². The minimum Gasteiger partial charge on any atom is -0.364 e. The molecule has 0 unspecified atom stereocenters. The molecule has 1 aromatic heterocycles. The average molecular weight is 348 g/mol. The SMILES string of the molecule is O=C(NCc1ccon1)[C@@H]1CCC(=O)N(CCCN2CCCC2=O)C1. The zero-order chi connectivity index (χ0) is 17.6. The zero-order valence-electron chi connectivity index (χ0n) is 14.3. The monoisotopic (exact) mass is 348 g/mol. The molecule has 2 fully saturated rings. The van der Waals surface area contributed by atoms with E-state index >= 15 is 0 Å². The first-order valence-corrected chi connectivity index (χ1v) is 8.86. The fraction of sp³-hybridized carbons (Fsp3) is 0.647. The third kappa shape index (κ3) is 4.58. The molecule has 25 heavy (non-hydrogen) atoms. The molecule has 2 saturated heterocycles. The Morgan fingerprint density at radius 1 is 1.24 bits per heavy atom. The van der Waals surface area contributed by atoms with Crippen molar-refractivity contribution >= 4 is 17.7 Å². The van der Waals surface area contributed by atoms with Crippen LogP contribution in [-0.2, 0) is 20.9 Å². The zero-order valence-corrected chi connectivity index (χ0v) is 14.3. The van der Waals surface area contributed by atoms with E-state index in [2.05, 4.69) is 10.5 Å². The molecule has 0 radical (unpaired) electrons. The number of carbonyl (C=O) groups excluding carboxylic acids is 3. The number of piperidine rings is 1. The van der Waals surface area contributed by atoms with Gasteiger partial charge in [0.15, 0.2) is 0 Å². The molecule has 8 heteroatoms. The van der Waals surface area contributed by atoms with Crippen LogP contribution in [0.3, 0.4) is 0 Å². The molecule has 8 nitrogen and oxygen atoms in total. The summed E-state index contributed by atoms with van der Waals surface area (Å²) in [5.41, 5.74) is 0.673. The number of hydrogen-bond donors (Lipinski definition) is 1. The molecule has 3 rings (SSSR count). The Morgan fingerprint density at radius 3 is 2.76 bits per heavy atom. The average Bonchev–Trinajstić information content (AvgIpc) is 3.26. The minimum absolute atomic E-state index is 0.0600. The molecule has 1 aromatic rings. The number of amides is 3. The summed E-state index contributed by atoms with van der Waals surface area (Å²) in [6.07, 6.45) is 4.75. The Bertz CT molecular complexity index is 616. The first-order chi connectivity index (χ1) is 12.1. The Balaban J connectivity index is 1.43. The maximum Gasteiger partial charge on any atom is 0.225 e. The van der Waals surface area contributed by atoms with Crippen LogP contribution in [0, 0.1) is 5.92 Å². The second-order valence-corrected chi connectivity index (χ2v) is 6.62. The first kappa shape index (κ1) is 17.4. The molecule has 0 aromatic carbocycles. The number of aromatic nitrogens is 1. The lowest BCUT2D eigenvalue weighted by Crippen LogP contribution is -2.46. The van der Waals surface area contributed by atoms with Crippen molar-refractivity contribution in [3.05, 3.63) is 18.0 Å². The summed E-state index contributed by atoms with van der Waals surface area (Å²) in [5, 5.41) is 6.60. The molecular weight excluding hydrogens is 324 g/mol. The summed E-state index contributed by atoms with van der Waals surface area (Å²) >= 11 is 0. The molecule has 0 saturated carbocycles. The van der Waals surface area contributed by atoms with Crippen molar-refractivity contribution < 1.29 is 18.9 Å². The van der Waals surface area contributed by atoms with Crippen LogP contribution < -0.4 is 5.32 Å². The quantitative estimate of drug-likeness (QED) is 0.776. The summed E-state index contributed by atoms with van der Waals surface area (Å²) in [6, 6.07) is 1.70. The van der Waals surface area contributed by atoms with E-state index in [4.69, 9.17) is 4.52 Å². The van der Waals surface area contributed by atoms with Crippen molar-refractivity contribution in [2.24, 2.45) is 5.92 Å². The van der Waals surface area contributed by atoms with Gasteiger partial charge >= 0.3 is 0 Å². The van der Waals surface area contributed by atoms with Gasteiger partial charge in [-0.3, -0.25) is 14.4 Å². The van der Waals surface area contributed by atoms with Crippen LogP contribution in [0.5, 0.6) is 0 Å². The van der Waals surface area contributed by atoms with Crippen LogP contribution in [0.25, 0.3) is 0 Å². The summed E-state index contributed by atoms with van der Waals surface area (Å²) in [4.78, 5) is 39.6. The van der Waals surface area contributed by atoms with Crippen molar-refractivity contribution in [1.82, 2.24) is 20.3 Å². The molecule has 3 heterocycles.